The second kappa shape index (κ2) is 12.7. The van der Waals surface area contributed by atoms with Gasteiger partial charge >= 0.3 is 5.97 Å². The fraction of sp³-hybridized carbons (Fsp3) is 0.435. The van der Waals surface area contributed by atoms with Gasteiger partial charge in [-0.1, -0.05) is 18.2 Å². The predicted octanol–water partition coefficient (Wildman–Crippen LogP) is -1.76. The summed E-state index contributed by atoms with van der Waals surface area (Å²) >= 11 is 0. The van der Waals surface area contributed by atoms with E-state index >= 15 is 0 Å². The molecule has 2 rings (SSSR count). The molecule has 0 saturated carbocycles. The van der Waals surface area contributed by atoms with E-state index in [-0.39, 0.29) is 19.3 Å². The monoisotopic (exact) mass is 504 g/mol. The smallest absolute Gasteiger partial charge is 0.328 e. The highest BCUT2D eigenvalue weighted by molar-refractivity contribution is 5.94. The van der Waals surface area contributed by atoms with Crippen LogP contribution >= 0.6 is 0 Å². The zero-order valence-electron chi connectivity index (χ0n) is 20.0. The van der Waals surface area contributed by atoms with Gasteiger partial charge in [0.25, 0.3) is 0 Å². The van der Waals surface area contributed by atoms with Crippen molar-refractivity contribution in [1.29, 1.82) is 0 Å². The van der Waals surface area contributed by atoms with E-state index in [9.17, 15) is 29.1 Å². The van der Waals surface area contributed by atoms with Crippen molar-refractivity contribution in [3.05, 3.63) is 36.0 Å². The molecule has 0 radical (unpaired) electrons. The quantitative estimate of drug-likeness (QED) is 0.155. The van der Waals surface area contributed by atoms with E-state index in [1.54, 1.807) is 6.20 Å². The highest BCUT2D eigenvalue weighted by Crippen LogP contribution is 2.19. The molecule has 2 aromatic rings. The van der Waals surface area contributed by atoms with Crippen LogP contribution in [-0.2, 0) is 30.4 Å². The molecule has 0 spiro atoms. The summed E-state index contributed by atoms with van der Waals surface area (Å²) in [5, 5.41) is 26.7. The molecule has 0 bridgehead atoms. The SMILES string of the molecule is CC(NC(=O)C(Cc1c[nH]c2ccccc12)NC(=O)C(N)CCC(N)=O)C(=O)NC(C(=O)O)C(C)O. The van der Waals surface area contributed by atoms with Crippen molar-refractivity contribution in [1.82, 2.24) is 20.9 Å². The van der Waals surface area contributed by atoms with Gasteiger partial charge in [-0.3, -0.25) is 19.2 Å². The Kier molecular flexibility index (Phi) is 9.93. The molecule has 10 N–H and O–H groups in total. The van der Waals surface area contributed by atoms with Crippen molar-refractivity contribution in [3.8, 4) is 0 Å². The number of benzene rings is 1. The Hall–Kier alpha value is -3.97. The third-order valence-electron chi connectivity index (χ3n) is 5.57. The molecule has 0 aliphatic heterocycles. The number of nitrogens with two attached hydrogens (primary N) is 2. The van der Waals surface area contributed by atoms with E-state index in [4.69, 9.17) is 16.6 Å². The third kappa shape index (κ3) is 7.78. The normalized spacial score (nSPS) is 15.2. The van der Waals surface area contributed by atoms with Crippen LogP contribution in [0, 0.1) is 0 Å². The first-order valence-electron chi connectivity index (χ1n) is 11.3. The maximum atomic E-state index is 13.1. The lowest BCUT2D eigenvalue weighted by Gasteiger charge is -2.24. The highest BCUT2D eigenvalue weighted by Gasteiger charge is 2.30. The molecule has 1 aromatic carbocycles. The number of H-pyrrole nitrogens is 1. The first kappa shape index (κ1) is 28.3. The predicted molar refractivity (Wildman–Crippen MR) is 129 cm³/mol. The standard InChI is InChI=1S/C23H32N6O7/c1-11(20(32)29-19(12(2)30)23(35)36)27-22(34)17(28-21(33)15(24)7-8-18(25)31)9-13-10-26-16-6-4-3-5-14(13)16/h3-6,10-12,15,17,19,26,30H,7-9,24H2,1-2H3,(H2,25,31)(H,27,34)(H,28,33)(H,29,32)(H,35,36). The number of nitrogens with one attached hydrogen (secondary N) is 4. The van der Waals surface area contributed by atoms with Crippen LogP contribution in [0.25, 0.3) is 10.9 Å². The molecule has 13 nitrogen and oxygen atoms in total. The maximum absolute atomic E-state index is 13.1. The molecule has 0 fully saturated rings. The number of amides is 4. The van der Waals surface area contributed by atoms with E-state index in [1.165, 1.54) is 13.8 Å². The second-order valence-corrected chi connectivity index (χ2v) is 8.53. The summed E-state index contributed by atoms with van der Waals surface area (Å²) < 4.78 is 0. The molecule has 196 valence electrons. The fourth-order valence-corrected chi connectivity index (χ4v) is 3.48. The summed E-state index contributed by atoms with van der Waals surface area (Å²) in [5.41, 5.74) is 12.5. The van der Waals surface area contributed by atoms with Crippen LogP contribution in [0.4, 0.5) is 0 Å². The van der Waals surface area contributed by atoms with E-state index in [0.717, 1.165) is 10.9 Å². The summed E-state index contributed by atoms with van der Waals surface area (Å²) in [5.74, 6) is -4.31. The topological polar surface area (TPSA) is 230 Å². The number of aliphatic carboxylic acids is 1. The number of hydrogen-bond acceptors (Lipinski definition) is 7. The second-order valence-electron chi connectivity index (χ2n) is 8.53. The zero-order valence-corrected chi connectivity index (χ0v) is 20.0. The Labute approximate surface area is 207 Å². The first-order chi connectivity index (χ1) is 16.9. The summed E-state index contributed by atoms with van der Waals surface area (Å²) in [4.78, 5) is 63.5. The molecule has 5 unspecified atom stereocenters. The largest absolute Gasteiger partial charge is 0.480 e. The number of fused-ring (bicyclic) bond motifs is 1. The number of primary amides is 1. The van der Waals surface area contributed by atoms with Crippen molar-refractivity contribution in [2.24, 2.45) is 11.5 Å². The number of aliphatic hydroxyl groups excluding tert-OH is 1. The first-order valence-corrected chi connectivity index (χ1v) is 11.3. The lowest BCUT2D eigenvalue weighted by atomic mass is 10.0. The molecule has 36 heavy (non-hydrogen) atoms. The van der Waals surface area contributed by atoms with Crippen molar-refractivity contribution in [2.45, 2.75) is 63.4 Å². The van der Waals surface area contributed by atoms with Crippen LogP contribution in [0.15, 0.2) is 30.5 Å². The zero-order chi connectivity index (χ0) is 27.0. The molecule has 0 aliphatic rings. The van der Waals surface area contributed by atoms with Crippen LogP contribution < -0.4 is 27.4 Å². The Morgan fingerprint density at radius 2 is 1.67 bits per heavy atom. The fourth-order valence-electron chi connectivity index (χ4n) is 3.48. The summed E-state index contributed by atoms with van der Waals surface area (Å²) in [6.45, 7) is 2.54. The number of para-hydroxylation sites is 1. The molecule has 5 atom stereocenters. The van der Waals surface area contributed by atoms with Gasteiger partial charge in [-0.25, -0.2) is 4.79 Å². The molecule has 13 heteroatoms. The maximum Gasteiger partial charge on any atom is 0.328 e. The molecule has 4 amide bonds. The average molecular weight is 505 g/mol. The van der Waals surface area contributed by atoms with Gasteiger partial charge in [-0.15, -0.1) is 0 Å². The summed E-state index contributed by atoms with van der Waals surface area (Å²) in [6.07, 6.45) is 0.242. The Morgan fingerprint density at radius 3 is 2.28 bits per heavy atom. The minimum Gasteiger partial charge on any atom is -0.480 e. The number of carboxylic acids is 1. The number of carbonyl (C=O) groups excluding carboxylic acids is 4. The number of carboxylic acid groups (broad SMARTS) is 1. The van der Waals surface area contributed by atoms with Crippen LogP contribution in [0.3, 0.4) is 0 Å². The minimum absolute atomic E-state index is 0.0165. The van der Waals surface area contributed by atoms with Crippen LogP contribution in [0.1, 0.15) is 32.3 Å². The molecular formula is C23H32N6O7. The van der Waals surface area contributed by atoms with Crippen molar-refractivity contribution in [3.63, 3.8) is 0 Å². The number of hydrogen-bond donors (Lipinski definition) is 8. The van der Waals surface area contributed by atoms with E-state index in [0.29, 0.717) is 5.56 Å². The summed E-state index contributed by atoms with van der Waals surface area (Å²) in [6, 6.07) is 2.34. The molecule has 1 aromatic heterocycles. The van der Waals surface area contributed by atoms with Gasteiger partial charge in [0.1, 0.15) is 12.1 Å². The van der Waals surface area contributed by atoms with Crippen LogP contribution in [0.2, 0.25) is 0 Å². The van der Waals surface area contributed by atoms with Gasteiger partial charge in [-0.2, -0.15) is 0 Å². The average Bonchev–Trinajstić information content (AvgIpc) is 3.22. The molecule has 0 saturated heterocycles. The van der Waals surface area contributed by atoms with Gasteiger partial charge in [-0.05, 0) is 31.9 Å². The number of aromatic nitrogens is 1. The van der Waals surface area contributed by atoms with Crippen molar-refractivity contribution < 1.29 is 34.2 Å². The van der Waals surface area contributed by atoms with Gasteiger partial charge in [0.15, 0.2) is 6.04 Å². The van der Waals surface area contributed by atoms with E-state index < -0.39 is 59.9 Å². The number of carbonyl (C=O) groups is 5. The Bertz CT molecular complexity index is 1120. The summed E-state index contributed by atoms with van der Waals surface area (Å²) in [7, 11) is 0. The molecular weight excluding hydrogens is 472 g/mol. The lowest BCUT2D eigenvalue weighted by Crippen LogP contribution is -2.58. The Morgan fingerprint density at radius 1 is 1.00 bits per heavy atom. The van der Waals surface area contributed by atoms with Crippen LogP contribution in [-0.4, -0.2) is 75.1 Å². The number of aromatic amines is 1. The molecule has 1 heterocycles. The van der Waals surface area contributed by atoms with Crippen molar-refractivity contribution >= 4 is 40.5 Å². The molecule has 0 aliphatic carbocycles. The van der Waals surface area contributed by atoms with Gasteiger partial charge in [0.2, 0.25) is 23.6 Å². The minimum atomic E-state index is -1.57. The highest BCUT2D eigenvalue weighted by atomic mass is 16.4. The lowest BCUT2D eigenvalue weighted by molar-refractivity contribution is -0.145. The van der Waals surface area contributed by atoms with E-state index in [1.807, 2.05) is 24.3 Å². The van der Waals surface area contributed by atoms with Gasteiger partial charge in [0, 0.05) is 29.9 Å². The van der Waals surface area contributed by atoms with Crippen molar-refractivity contribution in [2.75, 3.05) is 0 Å². The Balaban J connectivity index is 2.18. The number of aliphatic hydroxyl groups is 1. The van der Waals surface area contributed by atoms with Gasteiger partial charge in [0.05, 0.1) is 12.1 Å². The van der Waals surface area contributed by atoms with Crippen LogP contribution in [0.5, 0.6) is 0 Å². The third-order valence-corrected chi connectivity index (χ3v) is 5.57. The number of rotatable bonds is 13. The van der Waals surface area contributed by atoms with E-state index in [2.05, 4.69) is 20.9 Å². The van der Waals surface area contributed by atoms with Gasteiger partial charge < -0.3 is 42.6 Å².